The summed E-state index contributed by atoms with van der Waals surface area (Å²) in [7, 11) is 0. The van der Waals surface area contributed by atoms with E-state index in [1.807, 2.05) is 29.7 Å². The zero-order valence-corrected chi connectivity index (χ0v) is 12.5. The van der Waals surface area contributed by atoms with Crippen LogP contribution in [0, 0.1) is 6.92 Å². The molecule has 0 aromatic carbocycles. The maximum absolute atomic E-state index is 12.1. The molecular formula is C13H16N6OS. The maximum Gasteiger partial charge on any atom is 0.323 e. The van der Waals surface area contributed by atoms with Crippen molar-refractivity contribution in [3.63, 3.8) is 0 Å². The minimum Gasteiger partial charge on any atom is -0.323 e. The number of aryl methyl sites for hydroxylation is 1. The molecule has 0 spiro atoms. The molecule has 1 saturated heterocycles. The fraction of sp³-hybridized carbons (Fsp3) is 0.385. The zero-order chi connectivity index (χ0) is 14.7. The number of amides is 2. The Labute approximate surface area is 126 Å². The van der Waals surface area contributed by atoms with Gasteiger partial charge in [-0.05, 0) is 19.1 Å². The number of carbonyl (C=O) groups excluding carboxylic acids is 1. The number of aromatic amines is 1. The number of urea groups is 1. The van der Waals surface area contributed by atoms with E-state index in [0.29, 0.717) is 11.6 Å². The van der Waals surface area contributed by atoms with Crippen LogP contribution in [0.1, 0.15) is 5.82 Å². The maximum atomic E-state index is 12.1. The number of thioether (sulfide) groups is 1. The van der Waals surface area contributed by atoms with E-state index in [2.05, 4.69) is 25.5 Å². The highest BCUT2D eigenvalue weighted by Gasteiger charge is 2.17. The molecule has 3 heterocycles. The van der Waals surface area contributed by atoms with Crippen LogP contribution in [0.4, 0.5) is 10.6 Å². The summed E-state index contributed by atoms with van der Waals surface area (Å²) < 4.78 is 0. The molecule has 3 rings (SSSR count). The molecule has 0 bridgehead atoms. The Morgan fingerprint density at radius 2 is 2.24 bits per heavy atom. The van der Waals surface area contributed by atoms with E-state index in [1.54, 1.807) is 12.3 Å². The number of nitrogens with zero attached hydrogens (tertiary/aromatic N) is 4. The van der Waals surface area contributed by atoms with E-state index in [4.69, 9.17) is 0 Å². The number of carbonyl (C=O) groups is 1. The number of hydrogen-bond acceptors (Lipinski definition) is 5. The number of nitrogens with one attached hydrogen (secondary N) is 2. The summed E-state index contributed by atoms with van der Waals surface area (Å²) in [4.78, 5) is 22.4. The van der Waals surface area contributed by atoms with Gasteiger partial charge in [-0.1, -0.05) is 0 Å². The highest BCUT2D eigenvalue weighted by Crippen LogP contribution is 2.18. The molecule has 1 aliphatic heterocycles. The van der Waals surface area contributed by atoms with Crippen molar-refractivity contribution in [1.82, 2.24) is 25.1 Å². The van der Waals surface area contributed by atoms with Gasteiger partial charge in [-0.25, -0.2) is 14.8 Å². The summed E-state index contributed by atoms with van der Waals surface area (Å²) in [5, 5.41) is 9.74. The first-order valence-corrected chi connectivity index (χ1v) is 7.87. The molecule has 2 amide bonds. The van der Waals surface area contributed by atoms with E-state index in [9.17, 15) is 4.79 Å². The molecule has 8 heteroatoms. The average Bonchev–Trinajstić information content (AvgIpc) is 2.95. The first-order chi connectivity index (χ1) is 10.2. The Kier molecular flexibility index (Phi) is 4.05. The molecule has 2 aromatic heterocycles. The fourth-order valence-electron chi connectivity index (χ4n) is 2.06. The van der Waals surface area contributed by atoms with Crippen LogP contribution in [0.5, 0.6) is 0 Å². The van der Waals surface area contributed by atoms with Crippen LogP contribution in [0.25, 0.3) is 11.4 Å². The Bertz CT molecular complexity index is 637. The molecule has 2 N–H and O–H groups in total. The van der Waals surface area contributed by atoms with Crippen LogP contribution in [0.15, 0.2) is 18.3 Å². The van der Waals surface area contributed by atoms with Crippen LogP contribution in [-0.2, 0) is 0 Å². The van der Waals surface area contributed by atoms with Crippen LogP contribution < -0.4 is 5.32 Å². The lowest BCUT2D eigenvalue weighted by molar-refractivity contribution is 0.217. The van der Waals surface area contributed by atoms with Crippen LogP contribution in [0.2, 0.25) is 0 Å². The van der Waals surface area contributed by atoms with Crippen LogP contribution in [-0.4, -0.2) is 55.7 Å². The van der Waals surface area contributed by atoms with Gasteiger partial charge in [0.05, 0.1) is 0 Å². The molecule has 1 aliphatic rings. The topological polar surface area (TPSA) is 86.8 Å². The lowest BCUT2D eigenvalue weighted by atomic mass is 10.2. The van der Waals surface area contributed by atoms with Gasteiger partial charge in [-0.2, -0.15) is 16.9 Å². The lowest BCUT2D eigenvalue weighted by Gasteiger charge is -2.26. The number of anilines is 1. The normalized spacial score (nSPS) is 15.0. The minimum atomic E-state index is -0.105. The number of hydrogen-bond donors (Lipinski definition) is 2. The van der Waals surface area contributed by atoms with Crippen LogP contribution in [0.3, 0.4) is 0 Å². The van der Waals surface area contributed by atoms with Gasteiger partial charge in [0.1, 0.15) is 11.6 Å². The van der Waals surface area contributed by atoms with Crippen molar-refractivity contribution in [2.45, 2.75) is 6.92 Å². The van der Waals surface area contributed by atoms with E-state index in [-0.39, 0.29) is 6.03 Å². The first-order valence-electron chi connectivity index (χ1n) is 6.71. The van der Waals surface area contributed by atoms with Gasteiger partial charge in [0.15, 0.2) is 5.82 Å². The Hall–Kier alpha value is -2.09. The summed E-state index contributed by atoms with van der Waals surface area (Å²) in [5.74, 6) is 3.82. The highest BCUT2D eigenvalue weighted by atomic mass is 32.2. The summed E-state index contributed by atoms with van der Waals surface area (Å²) in [6, 6.07) is 3.49. The lowest BCUT2D eigenvalue weighted by Crippen LogP contribution is -2.40. The molecule has 0 unspecified atom stereocenters. The molecular weight excluding hydrogens is 288 g/mol. The second-order valence-corrected chi connectivity index (χ2v) is 5.93. The number of pyridine rings is 1. The molecule has 0 radical (unpaired) electrons. The van der Waals surface area contributed by atoms with Crippen molar-refractivity contribution in [2.24, 2.45) is 0 Å². The number of H-pyrrole nitrogens is 1. The van der Waals surface area contributed by atoms with Crippen molar-refractivity contribution >= 4 is 23.6 Å². The van der Waals surface area contributed by atoms with E-state index in [1.165, 1.54) is 0 Å². The number of aromatic nitrogens is 4. The van der Waals surface area contributed by atoms with Gasteiger partial charge in [-0.3, -0.25) is 10.4 Å². The standard InChI is InChI=1S/C13H16N6OS/c1-9-15-12(18-17-9)10-2-3-14-11(8-10)16-13(20)19-4-6-21-7-5-19/h2-3,8H,4-7H2,1H3,(H,14,16,20)(H,15,17,18). The van der Waals surface area contributed by atoms with Crippen molar-refractivity contribution < 1.29 is 4.79 Å². The smallest absolute Gasteiger partial charge is 0.323 e. The minimum absolute atomic E-state index is 0.105. The van der Waals surface area contributed by atoms with E-state index < -0.39 is 0 Å². The highest BCUT2D eigenvalue weighted by molar-refractivity contribution is 7.99. The van der Waals surface area contributed by atoms with Gasteiger partial charge < -0.3 is 4.90 Å². The largest absolute Gasteiger partial charge is 0.323 e. The van der Waals surface area contributed by atoms with Gasteiger partial charge in [0.2, 0.25) is 0 Å². The van der Waals surface area contributed by atoms with Crippen molar-refractivity contribution in [1.29, 1.82) is 0 Å². The van der Waals surface area contributed by atoms with Gasteiger partial charge in [-0.15, -0.1) is 0 Å². The Morgan fingerprint density at radius 3 is 2.95 bits per heavy atom. The first kappa shape index (κ1) is 13.9. The van der Waals surface area contributed by atoms with Crippen LogP contribution >= 0.6 is 11.8 Å². The quantitative estimate of drug-likeness (QED) is 0.882. The predicted molar refractivity (Wildman–Crippen MR) is 82.3 cm³/mol. The molecule has 7 nitrogen and oxygen atoms in total. The van der Waals surface area contributed by atoms with Gasteiger partial charge >= 0.3 is 6.03 Å². The van der Waals surface area contributed by atoms with Gasteiger partial charge in [0.25, 0.3) is 0 Å². The van der Waals surface area contributed by atoms with Crippen molar-refractivity contribution in [3.05, 3.63) is 24.2 Å². The third-order valence-corrected chi connectivity index (χ3v) is 4.09. The summed E-state index contributed by atoms with van der Waals surface area (Å²) in [5.41, 5.74) is 0.818. The molecule has 21 heavy (non-hydrogen) atoms. The molecule has 1 fully saturated rings. The Morgan fingerprint density at radius 1 is 1.43 bits per heavy atom. The molecule has 110 valence electrons. The van der Waals surface area contributed by atoms with E-state index in [0.717, 1.165) is 36.0 Å². The van der Waals surface area contributed by atoms with Gasteiger partial charge in [0, 0.05) is 36.4 Å². The molecule has 2 aromatic rings. The van der Waals surface area contributed by atoms with Crippen molar-refractivity contribution in [2.75, 3.05) is 29.9 Å². The van der Waals surface area contributed by atoms with E-state index >= 15 is 0 Å². The molecule has 0 aliphatic carbocycles. The monoisotopic (exact) mass is 304 g/mol. The SMILES string of the molecule is Cc1nc(-c2ccnc(NC(=O)N3CCSCC3)c2)n[nH]1. The zero-order valence-electron chi connectivity index (χ0n) is 11.7. The second-order valence-electron chi connectivity index (χ2n) is 4.70. The molecule has 0 saturated carbocycles. The number of rotatable bonds is 2. The average molecular weight is 304 g/mol. The Balaban J connectivity index is 1.72. The predicted octanol–water partition coefficient (Wildman–Crippen LogP) is 1.76. The summed E-state index contributed by atoms with van der Waals surface area (Å²) in [6.45, 7) is 3.39. The molecule has 0 atom stereocenters. The fourth-order valence-corrected chi connectivity index (χ4v) is 2.97. The third kappa shape index (κ3) is 3.33. The summed E-state index contributed by atoms with van der Waals surface area (Å²) in [6.07, 6.45) is 1.64. The second kappa shape index (κ2) is 6.13. The van der Waals surface area contributed by atoms with Crippen molar-refractivity contribution in [3.8, 4) is 11.4 Å². The third-order valence-electron chi connectivity index (χ3n) is 3.15. The summed E-state index contributed by atoms with van der Waals surface area (Å²) >= 11 is 1.87.